The summed E-state index contributed by atoms with van der Waals surface area (Å²) in [6.45, 7) is 1.89. The fraction of sp³-hybridized carbons (Fsp3) is 0.357. The van der Waals surface area contributed by atoms with Gasteiger partial charge in [-0.25, -0.2) is 0 Å². The molecule has 0 aliphatic heterocycles. The highest BCUT2D eigenvalue weighted by Crippen LogP contribution is 2.04. The molecule has 0 N–H and O–H groups in total. The Morgan fingerprint density at radius 1 is 1.27 bits per heavy atom. The van der Waals surface area contributed by atoms with Crippen molar-refractivity contribution in [2.45, 2.75) is 32.6 Å². The molecule has 0 fully saturated rings. The van der Waals surface area contributed by atoms with Gasteiger partial charge in [-0.05, 0) is 30.9 Å². The minimum Gasteiger partial charge on any atom is -0.295 e. The van der Waals surface area contributed by atoms with Crippen molar-refractivity contribution in [3.63, 3.8) is 0 Å². The highest BCUT2D eigenvalue weighted by atomic mass is 16.1. The maximum absolute atomic E-state index is 11.0. The van der Waals surface area contributed by atoms with Crippen LogP contribution in [0, 0.1) is 0 Å². The number of carbonyl (C=O) groups is 1. The van der Waals surface area contributed by atoms with Gasteiger partial charge in [-0.2, -0.15) is 0 Å². The molecule has 0 saturated carbocycles. The Morgan fingerprint density at radius 2 is 2.00 bits per heavy atom. The molecule has 0 saturated heterocycles. The van der Waals surface area contributed by atoms with Crippen LogP contribution in [0.4, 0.5) is 0 Å². The normalized spacial score (nSPS) is 10.7. The van der Waals surface area contributed by atoms with Gasteiger partial charge >= 0.3 is 0 Å². The first-order valence-electron chi connectivity index (χ1n) is 5.56. The van der Waals surface area contributed by atoms with Gasteiger partial charge in [-0.3, -0.25) is 4.79 Å². The van der Waals surface area contributed by atoms with Crippen molar-refractivity contribution in [3.8, 4) is 0 Å². The number of unbranched alkanes of at least 4 members (excludes halogenated alkanes) is 1. The second-order valence-electron chi connectivity index (χ2n) is 3.60. The van der Waals surface area contributed by atoms with Gasteiger partial charge in [0.1, 0.15) is 0 Å². The Hall–Kier alpha value is -1.37. The lowest BCUT2D eigenvalue weighted by Crippen LogP contribution is -1.87. The number of aryl methyl sites for hydroxylation is 1. The molecule has 0 amide bonds. The van der Waals surface area contributed by atoms with Crippen LogP contribution in [0.25, 0.3) is 0 Å². The summed E-state index contributed by atoms with van der Waals surface area (Å²) in [4.78, 5) is 11.0. The smallest absolute Gasteiger partial charge is 0.155 e. The summed E-state index contributed by atoms with van der Waals surface area (Å²) >= 11 is 0. The van der Waals surface area contributed by atoms with E-state index in [1.807, 2.05) is 19.1 Å². The zero-order valence-corrected chi connectivity index (χ0v) is 9.28. The van der Waals surface area contributed by atoms with E-state index in [2.05, 4.69) is 24.3 Å². The summed E-state index contributed by atoms with van der Waals surface area (Å²) in [6, 6.07) is 10.4. The van der Waals surface area contributed by atoms with Crippen LogP contribution in [0.3, 0.4) is 0 Å². The Labute approximate surface area is 91.8 Å². The van der Waals surface area contributed by atoms with Gasteiger partial charge in [-0.1, -0.05) is 43.3 Å². The van der Waals surface area contributed by atoms with Gasteiger partial charge in [0.2, 0.25) is 0 Å². The quantitative estimate of drug-likeness (QED) is 0.509. The van der Waals surface area contributed by atoms with E-state index in [0.29, 0.717) is 6.42 Å². The highest BCUT2D eigenvalue weighted by molar-refractivity contribution is 5.89. The Bertz CT molecular complexity index is 311. The Kier molecular flexibility index (Phi) is 5.46. The number of rotatable bonds is 6. The van der Waals surface area contributed by atoms with E-state index in [4.69, 9.17) is 0 Å². The Morgan fingerprint density at radius 3 is 2.67 bits per heavy atom. The summed E-state index contributed by atoms with van der Waals surface area (Å²) < 4.78 is 0. The van der Waals surface area contributed by atoms with Crippen molar-refractivity contribution in [2.24, 2.45) is 0 Å². The summed E-state index contributed by atoms with van der Waals surface area (Å²) in [5.74, 6) is 0.217. The van der Waals surface area contributed by atoms with Crippen LogP contribution in [0.5, 0.6) is 0 Å². The molecular weight excluding hydrogens is 184 g/mol. The second-order valence-corrected chi connectivity index (χ2v) is 3.60. The molecule has 1 rings (SSSR count). The number of hydrogen-bond donors (Lipinski definition) is 0. The maximum Gasteiger partial charge on any atom is 0.155 e. The number of carbonyl (C=O) groups excluding carboxylic acids is 1. The van der Waals surface area contributed by atoms with E-state index in [-0.39, 0.29) is 5.78 Å². The second kappa shape index (κ2) is 6.99. The molecule has 0 radical (unpaired) electrons. The lowest BCUT2D eigenvalue weighted by Gasteiger charge is -1.97. The molecule has 1 heteroatoms. The first-order valence-corrected chi connectivity index (χ1v) is 5.56. The predicted molar refractivity (Wildman–Crippen MR) is 63.8 cm³/mol. The van der Waals surface area contributed by atoms with Crippen molar-refractivity contribution in [1.29, 1.82) is 0 Å². The van der Waals surface area contributed by atoms with Crippen LogP contribution in [0.2, 0.25) is 0 Å². The van der Waals surface area contributed by atoms with Crippen molar-refractivity contribution in [1.82, 2.24) is 0 Å². The molecule has 0 aliphatic rings. The largest absolute Gasteiger partial charge is 0.295 e. The Balaban J connectivity index is 2.17. The van der Waals surface area contributed by atoms with Crippen LogP contribution < -0.4 is 0 Å². The van der Waals surface area contributed by atoms with Crippen molar-refractivity contribution < 1.29 is 4.79 Å². The third-order valence-electron chi connectivity index (χ3n) is 2.33. The number of benzene rings is 1. The fourth-order valence-corrected chi connectivity index (χ4v) is 1.40. The van der Waals surface area contributed by atoms with Gasteiger partial charge in [0.15, 0.2) is 5.78 Å². The van der Waals surface area contributed by atoms with E-state index in [1.54, 1.807) is 6.08 Å². The molecule has 0 spiro atoms. The van der Waals surface area contributed by atoms with E-state index in [0.717, 1.165) is 19.3 Å². The molecule has 0 unspecified atom stereocenters. The van der Waals surface area contributed by atoms with E-state index >= 15 is 0 Å². The molecule has 0 aliphatic carbocycles. The third-order valence-corrected chi connectivity index (χ3v) is 2.33. The average Bonchev–Trinajstić information content (AvgIpc) is 2.29. The first-order chi connectivity index (χ1) is 7.33. The maximum atomic E-state index is 11.0. The zero-order chi connectivity index (χ0) is 10.9. The topological polar surface area (TPSA) is 17.1 Å². The van der Waals surface area contributed by atoms with E-state index in [9.17, 15) is 4.79 Å². The molecule has 0 bridgehead atoms. The molecule has 80 valence electrons. The van der Waals surface area contributed by atoms with Gasteiger partial charge in [0.25, 0.3) is 0 Å². The first kappa shape index (κ1) is 11.7. The van der Waals surface area contributed by atoms with Crippen LogP contribution >= 0.6 is 0 Å². The van der Waals surface area contributed by atoms with Crippen molar-refractivity contribution in [3.05, 3.63) is 48.0 Å². The van der Waals surface area contributed by atoms with Crippen molar-refractivity contribution in [2.75, 3.05) is 0 Å². The summed E-state index contributed by atoms with van der Waals surface area (Å²) in [6.07, 6.45) is 7.47. The molecular formula is C14H18O. The zero-order valence-electron chi connectivity index (χ0n) is 9.28. The monoisotopic (exact) mass is 202 g/mol. The van der Waals surface area contributed by atoms with Crippen LogP contribution in [0.15, 0.2) is 42.5 Å². The highest BCUT2D eigenvalue weighted by Gasteiger charge is 1.91. The molecule has 1 aromatic carbocycles. The van der Waals surface area contributed by atoms with Crippen LogP contribution in [-0.2, 0) is 11.2 Å². The van der Waals surface area contributed by atoms with Gasteiger partial charge in [0.05, 0.1) is 0 Å². The molecule has 0 aromatic heterocycles. The van der Waals surface area contributed by atoms with E-state index < -0.39 is 0 Å². The average molecular weight is 202 g/mol. The van der Waals surface area contributed by atoms with Gasteiger partial charge in [0, 0.05) is 6.42 Å². The standard InChI is InChI=1S/C14H18O/c1-2-14(15)12-8-4-7-11-13-9-5-3-6-10-13/h3,5-6,8-10,12H,2,4,7,11H2,1H3. The molecule has 0 atom stereocenters. The van der Waals surface area contributed by atoms with Crippen LogP contribution in [-0.4, -0.2) is 5.78 Å². The number of hydrogen-bond acceptors (Lipinski definition) is 1. The molecule has 1 nitrogen and oxygen atoms in total. The fourth-order valence-electron chi connectivity index (χ4n) is 1.40. The minimum absolute atomic E-state index is 0.217. The lowest BCUT2D eigenvalue weighted by molar-refractivity contribution is -0.114. The van der Waals surface area contributed by atoms with Gasteiger partial charge < -0.3 is 0 Å². The minimum atomic E-state index is 0.217. The summed E-state index contributed by atoms with van der Waals surface area (Å²) in [5, 5.41) is 0. The van der Waals surface area contributed by atoms with Crippen LogP contribution in [0.1, 0.15) is 31.7 Å². The van der Waals surface area contributed by atoms with E-state index in [1.165, 1.54) is 5.56 Å². The lowest BCUT2D eigenvalue weighted by atomic mass is 10.1. The third kappa shape index (κ3) is 5.16. The SMILES string of the molecule is CCC(=O)C=CCCCc1ccccc1. The number of ketones is 1. The summed E-state index contributed by atoms with van der Waals surface area (Å²) in [5.41, 5.74) is 1.37. The predicted octanol–water partition coefficient (Wildman–Crippen LogP) is 3.54. The van der Waals surface area contributed by atoms with Crippen molar-refractivity contribution >= 4 is 5.78 Å². The molecule has 1 aromatic rings. The summed E-state index contributed by atoms with van der Waals surface area (Å²) in [7, 11) is 0. The molecule has 15 heavy (non-hydrogen) atoms. The van der Waals surface area contributed by atoms with Gasteiger partial charge in [-0.15, -0.1) is 0 Å². The number of allylic oxidation sites excluding steroid dienone is 2. The molecule has 0 heterocycles.